The smallest absolute Gasteiger partial charge is 0.267 e. The predicted molar refractivity (Wildman–Crippen MR) is 65.0 cm³/mol. The Morgan fingerprint density at radius 2 is 2.24 bits per heavy atom. The van der Waals surface area contributed by atoms with Gasteiger partial charge in [-0.05, 0) is 24.4 Å². The molecule has 94 valence electrons. The quantitative estimate of drug-likeness (QED) is 0.874. The molecule has 5 nitrogen and oxygen atoms in total. The molecule has 1 amide bonds. The first-order chi connectivity index (χ1) is 8.09. The Bertz CT molecular complexity index is 413. The minimum atomic E-state index is -0.672. The van der Waals surface area contributed by atoms with E-state index in [2.05, 4.69) is 9.59 Å². The van der Waals surface area contributed by atoms with Gasteiger partial charge in [0.25, 0.3) is 5.91 Å². The molecule has 2 rings (SSSR count). The maximum Gasteiger partial charge on any atom is 0.267 e. The average molecular weight is 255 g/mol. The van der Waals surface area contributed by atoms with Gasteiger partial charge in [0.1, 0.15) is 4.88 Å². The number of carbonyl (C=O) groups is 1. The molecular formula is C11H17N3O2S. The molecule has 0 aromatic carbocycles. The van der Waals surface area contributed by atoms with Crippen molar-refractivity contribution in [3.8, 4) is 0 Å². The Balaban J connectivity index is 2.00. The molecule has 1 aliphatic rings. The molecule has 1 aromatic rings. The van der Waals surface area contributed by atoms with Crippen molar-refractivity contribution in [3.05, 3.63) is 10.6 Å². The Hall–Kier alpha value is -1.01. The summed E-state index contributed by atoms with van der Waals surface area (Å²) in [4.78, 5) is 14.4. The van der Waals surface area contributed by atoms with Crippen molar-refractivity contribution >= 4 is 17.4 Å². The number of aliphatic hydroxyl groups is 1. The summed E-state index contributed by atoms with van der Waals surface area (Å²) in [6, 6.07) is 0. The highest BCUT2D eigenvalue weighted by atomic mass is 32.1. The minimum absolute atomic E-state index is 0.0439. The predicted octanol–water partition coefficient (Wildman–Crippen LogP) is 1.09. The molecule has 1 fully saturated rings. The van der Waals surface area contributed by atoms with Crippen LogP contribution in [0.3, 0.4) is 0 Å². The lowest BCUT2D eigenvalue weighted by molar-refractivity contribution is -0.0858. The van der Waals surface area contributed by atoms with Crippen LogP contribution in [0, 0.1) is 0 Å². The van der Waals surface area contributed by atoms with Gasteiger partial charge in [0.15, 0.2) is 0 Å². The van der Waals surface area contributed by atoms with E-state index in [4.69, 9.17) is 0 Å². The highest BCUT2D eigenvalue weighted by molar-refractivity contribution is 7.08. The summed E-state index contributed by atoms with van der Waals surface area (Å²) in [6.07, 6.45) is 2.39. The van der Waals surface area contributed by atoms with Crippen LogP contribution in [0.2, 0.25) is 0 Å². The van der Waals surface area contributed by atoms with E-state index in [0.29, 0.717) is 24.4 Å². The summed E-state index contributed by atoms with van der Waals surface area (Å²) >= 11 is 1.14. The third kappa shape index (κ3) is 2.32. The number of aromatic nitrogens is 2. The Kier molecular flexibility index (Phi) is 3.44. The normalized spacial score (nSPS) is 17.9. The molecule has 1 aliphatic heterocycles. The van der Waals surface area contributed by atoms with Gasteiger partial charge < -0.3 is 10.0 Å². The molecule has 0 bridgehead atoms. The first-order valence-electron chi connectivity index (χ1n) is 5.92. The number of carbonyl (C=O) groups excluding carboxylic acids is 1. The summed E-state index contributed by atoms with van der Waals surface area (Å²) in [6.45, 7) is 4.85. The van der Waals surface area contributed by atoms with E-state index >= 15 is 0 Å². The van der Waals surface area contributed by atoms with Crippen LogP contribution in [0.1, 0.15) is 42.1 Å². The third-order valence-corrected chi connectivity index (χ3v) is 3.81. The number of hydrogen-bond acceptors (Lipinski definition) is 5. The summed E-state index contributed by atoms with van der Waals surface area (Å²) in [5, 5.41) is 14.0. The van der Waals surface area contributed by atoms with Crippen molar-refractivity contribution in [2.24, 2.45) is 0 Å². The fraction of sp³-hybridized carbons (Fsp3) is 0.727. The number of aryl methyl sites for hydroxylation is 1. The summed E-state index contributed by atoms with van der Waals surface area (Å²) < 4.78 is 3.81. The molecule has 6 heteroatoms. The fourth-order valence-electron chi connectivity index (χ4n) is 2.18. The van der Waals surface area contributed by atoms with Crippen molar-refractivity contribution in [2.75, 3.05) is 13.1 Å². The van der Waals surface area contributed by atoms with Gasteiger partial charge in [-0.25, -0.2) is 0 Å². The highest BCUT2D eigenvalue weighted by Crippen LogP contribution is 2.28. The van der Waals surface area contributed by atoms with Crippen molar-refractivity contribution in [3.63, 3.8) is 0 Å². The van der Waals surface area contributed by atoms with E-state index in [9.17, 15) is 9.90 Å². The van der Waals surface area contributed by atoms with Gasteiger partial charge in [-0.15, -0.1) is 5.10 Å². The fourth-order valence-corrected chi connectivity index (χ4v) is 2.90. The van der Waals surface area contributed by atoms with Gasteiger partial charge in [-0.2, -0.15) is 0 Å². The third-order valence-electron chi connectivity index (χ3n) is 3.06. The second kappa shape index (κ2) is 4.70. The highest BCUT2D eigenvalue weighted by Gasteiger charge is 2.43. The zero-order valence-electron chi connectivity index (χ0n) is 10.1. The van der Waals surface area contributed by atoms with Crippen molar-refractivity contribution in [1.82, 2.24) is 14.5 Å². The van der Waals surface area contributed by atoms with Crippen LogP contribution in [0.5, 0.6) is 0 Å². The average Bonchev–Trinajstić information content (AvgIpc) is 2.73. The van der Waals surface area contributed by atoms with Gasteiger partial charge in [-0.1, -0.05) is 24.8 Å². The first kappa shape index (κ1) is 12.4. The van der Waals surface area contributed by atoms with Crippen molar-refractivity contribution < 1.29 is 9.90 Å². The lowest BCUT2D eigenvalue weighted by Crippen LogP contribution is -2.63. The molecule has 2 heterocycles. The van der Waals surface area contributed by atoms with E-state index in [1.807, 2.05) is 13.8 Å². The van der Waals surface area contributed by atoms with Gasteiger partial charge in [0.2, 0.25) is 0 Å². The molecule has 1 aromatic heterocycles. The molecule has 0 saturated carbocycles. The van der Waals surface area contributed by atoms with Crippen molar-refractivity contribution in [2.45, 2.75) is 38.7 Å². The van der Waals surface area contributed by atoms with Crippen LogP contribution >= 0.6 is 11.5 Å². The number of likely N-dealkylation sites (tertiary alicyclic amines) is 1. The Labute approximate surface area is 105 Å². The van der Waals surface area contributed by atoms with E-state index < -0.39 is 5.60 Å². The van der Waals surface area contributed by atoms with Gasteiger partial charge in [0.05, 0.1) is 24.4 Å². The number of hydrogen-bond donors (Lipinski definition) is 1. The van der Waals surface area contributed by atoms with Crippen LogP contribution in [-0.2, 0) is 6.42 Å². The first-order valence-corrected chi connectivity index (χ1v) is 6.70. The van der Waals surface area contributed by atoms with Gasteiger partial charge in [0, 0.05) is 0 Å². The lowest BCUT2D eigenvalue weighted by atomic mass is 9.89. The number of amides is 1. The maximum absolute atomic E-state index is 12.1. The Morgan fingerprint density at radius 3 is 2.82 bits per heavy atom. The summed E-state index contributed by atoms with van der Waals surface area (Å²) in [5.74, 6) is -0.0439. The molecule has 17 heavy (non-hydrogen) atoms. The van der Waals surface area contributed by atoms with Gasteiger partial charge in [-0.3, -0.25) is 4.79 Å². The van der Waals surface area contributed by atoms with Crippen LogP contribution in [-0.4, -0.2) is 44.2 Å². The van der Waals surface area contributed by atoms with Crippen LogP contribution < -0.4 is 0 Å². The van der Waals surface area contributed by atoms with Crippen LogP contribution in [0.25, 0.3) is 0 Å². The SMILES string of the molecule is CCCC1(O)CN(C(=O)c2snnc2CC)C1. The molecule has 0 spiro atoms. The standard InChI is InChI=1S/C11H17N3O2S/c1-3-5-11(16)6-14(7-11)10(15)9-8(4-2)12-13-17-9/h16H,3-7H2,1-2H3. The molecule has 1 N–H and O–H groups in total. The number of nitrogens with zero attached hydrogens (tertiary/aromatic N) is 3. The monoisotopic (exact) mass is 255 g/mol. The van der Waals surface area contributed by atoms with Crippen LogP contribution in [0.4, 0.5) is 0 Å². The molecule has 1 saturated heterocycles. The van der Waals surface area contributed by atoms with E-state index in [0.717, 1.165) is 30.1 Å². The molecule has 0 aliphatic carbocycles. The zero-order chi connectivity index (χ0) is 12.5. The second-order valence-electron chi connectivity index (χ2n) is 4.54. The van der Waals surface area contributed by atoms with Gasteiger partial charge >= 0.3 is 0 Å². The maximum atomic E-state index is 12.1. The molecule has 0 atom stereocenters. The van der Waals surface area contributed by atoms with E-state index in [1.54, 1.807) is 4.90 Å². The zero-order valence-corrected chi connectivity index (χ0v) is 11.0. The topological polar surface area (TPSA) is 66.3 Å². The lowest BCUT2D eigenvalue weighted by Gasteiger charge is -2.46. The molecule has 0 unspecified atom stereocenters. The van der Waals surface area contributed by atoms with Crippen LogP contribution in [0.15, 0.2) is 0 Å². The summed E-state index contributed by atoms with van der Waals surface area (Å²) in [5.41, 5.74) is 0.0838. The largest absolute Gasteiger partial charge is 0.386 e. The van der Waals surface area contributed by atoms with E-state index in [1.165, 1.54) is 0 Å². The molecule has 0 radical (unpaired) electrons. The molecular weight excluding hydrogens is 238 g/mol. The Morgan fingerprint density at radius 1 is 1.53 bits per heavy atom. The minimum Gasteiger partial charge on any atom is -0.386 e. The number of rotatable bonds is 4. The van der Waals surface area contributed by atoms with E-state index in [-0.39, 0.29) is 5.91 Å². The van der Waals surface area contributed by atoms with Crippen molar-refractivity contribution in [1.29, 1.82) is 0 Å². The second-order valence-corrected chi connectivity index (χ2v) is 5.29. The number of β-amino-alcohol motifs (C(OH)–C–C–N with tert-alkyl or cyclic N) is 1. The summed E-state index contributed by atoms with van der Waals surface area (Å²) in [7, 11) is 0.